The average Bonchev–Trinajstić information content (AvgIpc) is 3.28. The molecule has 1 fully saturated rings. The van der Waals surface area contributed by atoms with Gasteiger partial charge in [-0.2, -0.15) is 23.4 Å². The van der Waals surface area contributed by atoms with Crippen LogP contribution in [0.3, 0.4) is 0 Å². The Bertz CT molecular complexity index is 937. The van der Waals surface area contributed by atoms with Crippen molar-refractivity contribution < 1.29 is 18.0 Å². The molecule has 0 aromatic carbocycles. The summed E-state index contributed by atoms with van der Waals surface area (Å²) >= 11 is 0. The first kappa shape index (κ1) is 16.6. The highest BCUT2D eigenvalue weighted by molar-refractivity contribution is 6.00. The summed E-state index contributed by atoms with van der Waals surface area (Å²) in [6.07, 6.45) is 1.36. The number of piperidine rings is 1. The van der Waals surface area contributed by atoms with Crippen LogP contribution in [0.1, 0.15) is 34.9 Å². The van der Waals surface area contributed by atoms with Crippen molar-refractivity contribution in [3.8, 4) is 0 Å². The van der Waals surface area contributed by atoms with Crippen LogP contribution < -0.4 is 0 Å². The van der Waals surface area contributed by atoms with Gasteiger partial charge in [-0.25, -0.2) is 4.52 Å². The van der Waals surface area contributed by atoms with Crippen molar-refractivity contribution in [3.63, 3.8) is 0 Å². The van der Waals surface area contributed by atoms with Crippen molar-refractivity contribution in [1.29, 1.82) is 0 Å². The Kier molecular flexibility index (Phi) is 3.93. The molecule has 0 unspecified atom stereocenters. The van der Waals surface area contributed by atoms with Crippen LogP contribution in [0.4, 0.5) is 13.2 Å². The van der Waals surface area contributed by atoms with Gasteiger partial charge in [0.25, 0.3) is 5.91 Å². The van der Waals surface area contributed by atoms with Crippen LogP contribution in [0, 0.1) is 0 Å². The lowest BCUT2D eigenvalue weighted by atomic mass is 10.0. The first-order valence-electron chi connectivity index (χ1n) is 8.27. The Labute approximate surface area is 146 Å². The molecule has 0 aliphatic carbocycles. The SMILES string of the molecule is O=C(c1cnn2ccccc12)N1CCC(n2ccc(C(F)(F)F)n2)CC1. The second-order valence-corrected chi connectivity index (χ2v) is 6.29. The second kappa shape index (κ2) is 6.15. The zero-order valence-corrected chi connectivity index (χ0v) is 13.7. The van der Waals surface area contributed by atoms with Gasteiger partial charge in [-0.3, -0.25) is 9.48 Å². The van der Waals surface area contributed by atoms with Gasteiger partial charge in [0, 0.05) is 25.5 Å². The maximum Gasteiger partial charge on any atom is 0.435 e. The van der Waals surface area contributed by atoms with E-state index in [0.717, 1.165) is 11.6 Å². The molecular formula is C17H16F3N5O. The molecule has 3 aromatic heterocycles. The number of hydrogen-bond acceptors (Lipinski definition) is 3. The molecule has 1 saturated heterocycles. The fourth-order valence-electron chi connectivity index (χ4n) is 3.30. The average molecular weight is 363 g/mol. The van der Waals surface area contributed by atoms with Crippen molar-refractivity contribution in [2.24, 2.45) is 0 Å². The molecule has 0 spiro atoms. The van der Waals surface area contributed by atoms with Gasteiger partial charge in [-0.15, -0.1) is 0 Å². The van der Waals surface area contributed by atoms with Gasteiger partial charge in [0.05, 0.1) is 23.3 Å². The number of carbonyl (C=O) groups excluding carboxylic acids is 1. The van der Waals surface area contributed by atoms with Gasteiger partial charge in [0.2, 0.25) is 0 Å². The van der Waals surface area contributed by atoms with Crippen molar-refractivity contribution in [2.75, 3.05) is 13.1 Å². The number of rotatable bonds is 2. The van der Waals surface area contributed by atoms with E-state index in [1.165, 1.54) is 10.9 Å². The van der Waals surface area contributed by atoms with Crippen molar-refractivity contribution in [2.45, 2.75) is 25.1 Å². The Morgan fingerprint density at radius 2 is 1.88 bits per heavy atom. The molecule has 1 aliphatic rings. The minimum Gasteiger partial charge on any atom is -0.338 e. The third-order valence-electron chi connectivity index (χ3n) is 4.68. The summed E-state index contributed by atoms with van der Waals surface area (Å²) in [7, 11) is 0. The number of halogens is 3. The minimum absolute atomic E-state index is 0.110. The standard InChI is InChI=1S/C17H16F3N5O/c18-17(19,20)15-6-10-24(22-15)12-4-8-23(9-5-12)16(26)13-11-21-25-7-2-1-3-14(13)25/h1-3,6-7,10-12H,4-5,8-9H2. The van der Waals surface area contributed by atoms with Crippen LogP contribution >= 0.6 is 0 Å². The van der Waals surface area contributed by atoms with E-state index in [1.807, 2.05) is 18.2 Å². The molecule has 1 aliphatic heterocycles. The number of nitrogens with zero attached hydrogens (tertiary/aromatic N) is 5. The Morgan fingerprint density at radius 3 is 2.58 bits per heavy atom. The molecule has 0 atom stereocenters. The van der Waals surface area contributed by atoms with E-state index in [2.05, 4.69) is 10.2 Å². The van der Waals surface area contributed by atoms with Gasteiger partial charge in [-0.1, -0.05) is 6.07 Å². The summed E-state index contributed by atoms with van der Waals surface area (Å²) in [5, 5.41) is 7.81. The lowest BCUT2D eigenvalue weighted by Gasteiger charge is -2.32. The number of fused-ring (bicyclic) bond motifs is 1. The quantitative estimate of drug-likeness (QED) is 0.703. The topological polar surface area (TPSA) is 55.4 Å². The Hall–Kier alpha value is -2.84. The number of likely N-dealkylation sites (tertiary alicyclic amines) is 1. The van der Waals surface area contributed by atoms with Crippen LogP contribution in [-0.2, 0) is 6.18 Å². The first-order chi connectivity index (χ1) is 12.4. The van der Waals surface area contributed by atoms with E-state index in [1.54, 1.807) is 21.8 Å². The van der Waals surface area contributed by atoms with Gasteiger partial charge >= 0.3 is 6.18 Å². The van der Waals surface area contributed by atoms with Gasteiger partial charge < -0.3 is 4.90 Å². The molecule has 136 valence electrons. The number of alkyl halides is 3. The fourth-order valence-corrected chi connectivity index (χ4v) is 3.30. The van der Waals surface area contributed by atoms with E-state index in [0.29, 0.717) is 31.5 Å². The molecule has 0 N–H and O–H groups in total. The summed E-state index contributed by atoms with van der Waals surface area (Å²) in [5.74, 6) is -0.110. The number of aromatic nitrogens is 4. The lowest BCUT2D eigenvalue weighted by Crippen LogP contribution is -2.39. The molecule has 0 bridgehead atoms. The first-order valence-corrected chi connectivity index (χ1v) is 8.27. The molecule has 4 heterocycles. The van der Waals surface area contributed by atoms with Crippen molar-refractivity contribution in [1.82, 2.24) is 24.3 Å². The second-order valence-electron chi connectivity index (χ2n) is 6.29. The van der Waals surface area contributed by atoms with Crippen molar-refractivity contribution >= 4 is 11.4 Å². The van der Waals surface area contributed by atoms with Crippen LogP contribution in [-0.4, -0.2) is 43.3 Å². The van der Waals surface area contributed by atoms with E-state index in [9.17, 15) is 18.0 Å². The van der Waals surface area contributed by atoms with Gasteiger partial charge in [0.15, 0.2) is 5.69 Å². The zero-order valence-electron chi connectivity index (χ0n) is 13.7. The van der Waals surface area contributed by atoms with Gasteiger partial charge in [-0.05, 0) is 31.0 Å². The molecule has 26 heavy (non-hydrogen) atoms. The van der Waals surface area contributed by atoms with Gasteiger partial charge in [0.1, 0.15) is 0 Å². The molecule has 0 radical (unpaired) electrons. The normalized spacial score (nSPS) is 16.3. The van der Waals surface area contributed by atoms with E-state index in [4.69, 9.17) is 0 Å². The monoisotopic (exact) mass is 363 g/mol. The molecule has 6 nitrogen and oxygen atoms in total. The predicted octanol–water partition coefficient (Wildman–Crippen LogP) is 3.03. The number of carbonyl (C=O) groups is 1. The summed E-state index contributed by atoms with van der Waals surface area (Å²) in [6.45, 7) is 0.934. The van der Waals surface area contributed by atoms with Crippen LogP contribution in [0.5, 0.6) is 0 Å². The zero-order chi connectivity index (χ0) is 18.3. The minimum atomic E-state index is -4.44. The smallest absolute Gasteiger partial charge is 0.338 e. The van der Waals surface area contributed by atoms with Crippen molar-refractivity contribution in [3.05, 3.63) is 54.1 Å². The van der Waals surface area contributed by atoms with Crippen LogP contribution in [0.25, 0.3) is 5.52 Å². The van der Waals surface area contributed by atoms with Crippen LogP contribution in [0.2, 0.25) is 0 Å². The molecule has 9 heteroatoms. The Morgan fingerprint density at radius 1 is 1.12 bits per heavy atom. The fraction of sp³-hybridized carbons (Fsp3) is 0.353. The third kappa shape index (κ3) is 2.93. The van der Waals surface area contributed by atoms with E-state index < -0.39 is 11.9 Å². The maximum atomic E-state index is 12.8. The Balaban J connectivity index is 1.45. The molecular weight excluding hydrogens is 347 g/mol. The molecule has 4 rings (SSSR count). The number of hydrogen-bond donors (Lipinski definition) is 0. The molecule has 0 saturated carbocycles. The maximum absolute atomic E-state index is 12.8. The highest BCUT2D eigenvalue weighted by Crippen LogP contribution is 2.30. The third-order valence-corrected chi connectivity index (χ3v) is 4.68. The number of amides is 1. The van der Waals surface area contributed by atoms with E-state index >= 15 is 0 Å². The molecule has 1 amide bonds. The van der Waals surface area contributed by atoms with E-state index in [-0.39, 0.29) is 11.9 Å². The summed E-state index contributed by atoms with van der Waals surface area (Å²) in [5.41, 5.74) is 0.381. The number of pyridine rings is 1. The highest BCUT2D eigenvalue weighted by Gasteiger charge is 2.34. The van der Waals surface area contributed by atoms with Crippen LogP contribution in [0.15, 0.2) is 42.9 Å². The highest BCUT2D eigenvalue weighted by atomic mass is 19.4. The molecule has 3 aromatic rings. The largest absolute Gasteiger partial charge is 0.435 e. The summed E-state index contributed by atoms with van der Waals surface area (Å²) < 4.78 is 41.1. The summed E-state index contributed by atoms with van der Waals surface area (Å²) in [4.78, 5) is 14.5. The lowest BCUT2D eigenvalue weighted by molar-refractivity contribution is -0.141. The summed E-state index contributed by atoms with van der Waals surface area (Å²) in [6, 6.07) is 6.35. The predicted molar refractivity (Wildman–Crippen MR) is 86.6 cm³/mol.